The zero-order valence-corrected chi connectivity index (χ0v) is 17.5. The summed E-state index contributed by atoms with van der Waals surface area (Å²) in [5.74, 6) is 0.406. The molecule has 5 nitrogen and oxygen atoms in total. The van der Waals surface area contributed by atoms with Crippen molar-refractivity contribution in [1.82, 2.24) is 15.1 Å². The summed E-state index contributed by atoms with van der Waals surface area (Å²) >= 11 is 5.85. The van der Waals surface area contributed by atoms with Gasteiger partial charge >= 0.3 is 6.18 Å². The van der Waals surface area contributed by atoms with Gasteiger partial charge in [-0.15, -0.1) is 0 Å². The SMILES string of the molecule is Cc1cc(C(F)(F)F)nn1CCCNC(=O)c1cccc(COc2ccc(Cl)cc2)c1. The fourth-order valence-electron chi connectivity index (χ4n) is 2.91. The fraction of sp³-hybridized carbons (Fsp3) is 0.273. The molecule has 0 aliphatic carbocycles. The van der Waals surface area contributed by atoms with E-state index < -0.39 is 11.9 Å². The highest BCUT2D eigenvalue weighted by Gasteiger charge is 2.34. The molecule has 1 heterocycles. The minimum absolute atomic E-state index is 0.262. The molecule has 0 unspecified atom stereocenters. The number of benzene rings is 2. The molecule has 31 heavy (non-hydrogen) atoms. The number of aryl methyl sites for hydroxylation is 2. The van der Waals surface area contributed by atoms with Crippen LogP contribution < -0.4 is 10.1 Å². The van der Waals surface area contributed by atoms with Crippen molar-refractivity contribution in [2.45, 2.75) is 32.7 Å². The van der Waals surface area contributed by atoms with Crippen molar-refractivity contribution in [3.05, 3.63) is 82.1 Å². The van der Waals surface area contributed by atoms with Gasteiger partial charge in [-0.3, -0.25) is 9.48 Å². The lowest BCUT2D eigenvalue weighted by Crippen LogP contribution is -2.25. The normalized spacial score (nSPS) is 11.4. The van der Waals surface area contributed by atoms with Crippen molar-refractivity contribution in [1.29, 1.82) is 0 Å². The molecule has 9 heteroatoms. The molecule has 0 saturated carbocycles. The van der Waals surface area contributed by atoms with Gasteiger partial charge in [0.1, 0.15) is 12.4 Å². The molecule has 0 saturated heterocycles. The van der Waals surface area contributed by atoms with Crippen LogP contribution in [0.25, 0.3) is 0 Å². The quantitative estimate of drug-likeness (QED) is 0.475. The lowest BCUT2D eigenvalue weighted by molar-refractivity contribution is -0.141. The second-order valence-electron chi connectivity index (χ2n) is 6.94. The Morgan fingerprint density at radius 1 is 1.16 bits per heavy atom. The van der Waals surface area contributed by atoms with Crippen LogP contribution >= 0.6 is 11.6 Å². The average molecular weight is 452 g/mol. The number of aromatic nitrogens is 2. The van der Waals surface area contributed by atoms with Crippen LogP contribution in [-0.4, -0.2) is 22.2 Å². The number of carbonyl (C=O) groups is 1. The number of hydrogen-bond donors (Lipinski definition) is 1. The molecule has 0 aliphatic rings. The van der Waals surface area contributed by atoms with E-state index >= 15 is 0 Å². The molecular formula is C22H21ClF3N3O2. The lowest BCUT2D eigenvalue weighted by atomic mass is 10.1. The number of nitrogens with one attached hydrogen (secondary N) is 1. The summed E-state index contributed by atoms with van der Waals surface area (Å²) < 4.78 is 45.1. The molecule has 0 radical (unpaired) electrons. The molecule has 1 aromatic heterocycles. The maximum absolute atomic E-state index is 12.7. The van der Waals surface area contributed by atoms with Gasteiger partial charge in [-0.2, -0.15) is 18.3 Å². The van der Waals surface area contributed by atoms with Crippen LogP contribution in [0.4, 0.5) is 13.2 Å². The van der Waals surface area contributed by atoms with Crippen LogP contribution in [0.15, 0.2) is 54.6 Å². The van der Waals surface area contributed by atoms with Crippen LogP contribution in [0.5, 0.6) is 5.75 Å². The Labute approximate surface area is 182 Å². The maximum atomic E-state index is 12.7. The van der Waals surface area contributed by atoms with E-state index in [1.807, 2.05) is 6.07 Å². The Morgan fingerprint density at radius 3 is 2.58 bits per heavy atom. The summed E-state index contributed by atoms with van der Waals surface area (Å²) in [6.07, 6.45) is -4.02. The van der Waals surface area contributed by atoms with Gasteiger partial charge in [0, 0.05) is 29.4 Å². The molecular weight excluding hydrogens is 431 g/mol. The monoisotopic (exact) mass is 451 g/mol. The lowest BCUT2D eigenvalue weighted by Gasteiger charge is -2.09. The first-order valence-corrected chi connectivity index (χ1v) is 9.97. The van der Waals surface area contributed by atoms with E-state index in [-0.39, 0.29) is 12.5 Å². The minimum atomic E-state index is -4.47. The van der Waals surface area contributed by atoms with E-state index in [1.165, 1.54) is 4.68 Å². The maximum Gasteiger partial charge on any atom is 0.435 e. The number of nitrogens with zero attached hydrogens (tertiary/aromatic N) is 2. The summed E-state index contributed by atoms with van der Waals surface area (Å²) in [5.41, 5.74) is 0.819. The molecule has 0 atom stereocenters. The minimum Gasteiger partial charge on any atom is -0.489 e. The van der Waals surface area contributed by atoms with Crippen molar-refractivity contribution >= 4 is 17.5 Å². The van der Waals surface area contributed by atoms with Crippen molar-refractivity contribution in [2.75, 3.05) is 6.54 Å². The predicted octanol–water partition coefficient (Wildman–Crippen LogP) is 5.26. The Bertz CT molecular complexity index is 1030. The first-order valence-electron chi connectivity index (χ1n) is 9.59. The highest BCUT2D eigenvalue weighted by molar-refractivity contribution is 6.30. The van der Waals surface area contributed by atoms with E-state index in [0.717, 1.165) is 11.6 Å². The molecule has 164 valence electrons. The molecule has 1 amide bonds. The van der Waals surface area contributed by atoms with E-state index in [2.05, 4.69) is 10.4 Å². The van der Waals surface area contributed by atoms with Crippen molar-refractivity contribution in [2.24, 2.45) is 0 Å². The third kappa shape index (κ3) is 6.49. The fourth-order valence-corrected chi connectivity index (χ4v) is 3.03. The molecule has 0 aliphatic heterocycles. The summed E-state index contributed by atoms with van der Waals surface area (Å²) in [4.78, 5) is 12.4. The zero-order valence-electron chi connectivity index (χ0n) is 16.7. The number of rotatable bonds is 8. The number of halogens is 4. The van der Waals surface area contributed by atoms with Gasteiger partial charge in [-0.25, -0.2) is 0 Å². The summed E-state index contributed by atoms with van der Waals surface area (Å²) in [6.45, 7) is 2.45. The van der Waals surface area contributed by atoms with Gasteiger partial charge in [-0.05, 0) is 61.4 Å². The van der Waals surface area contributed by atoms with Crippen LogP contribution in [-0.2, 0) is 19.3 Å². The molecule has 3 rings (SSSR count). The number of carbonyl (C=O) groups excluding carboxylic acids is 1. The molecule has 0 spiro atoms. The Hall–Kier alpha value is -3.00. The van der Waals surface area contributed by atoms with E-state index in [0.29, 0.717) is 41.6 Å². The standard InChI is InChI=1S/C22H21ClF3N3O2/c1-15-12-20(22(24,25)26)28-29(15)11-3-10-27-21(30)17-5-2-4-16(13-17)14-31-19-8-6-18(23)7-9-19/h2,4-9,12-13H,3,10-11,14H2,1H3,(H,27,30). The summed E-state index contributed by atoms with van der Waals surface area (Å²) in [7, 11) is 0. The van der Waals surface area contributed by atoms with Crippen LogP contribution in [0, 0.1) is 6.92 Å². The number of amides is 1. The van der Waals surface area contributed by atoms with Crippen molar-refractivity contribution in [3.63, 3.8) is 0 Å². The van der Waals surface area contributed by atoms with Crippen LogP contribution in [0.2, 0.25) is 5.02 Å². The van der Waals surface area contributed by atoms with Gasteiger partial charge in [0.15, 0.2) is 5.69 Å². The largest absolute Gasteiger partial charge is 0.489 e. The van der Waals surface area contributed by atoms with Gasteiger partial charge in [0.05, 0.1) is 0 Å². The first kappa shape index (κ1) is 22.7. The molecule has 2 aromatic carbocycles. The van der Waals surface area contributed by atoms with Crippen molar-refractivity contribution in [3.8, 4) is 5.75 Å². The van der Waals surface area contributed by atoms with E-state index in [1.54, 1.807) is 49.4 Å². The third-order valence-electron chi connectivity index (χ3n) is 4.51. The summed E-state index contributed by atoms with van der Waals surface area (Å²) in [6, 6.07) is 15.0. The highest BCUT2D eigenvalue weighted by Crippen LogP contribution is 2.28. The number of hydrogen-bond acceptors (Lipinski definition) is 3. The van der Waals surface area contributed by atoms with Gasteiger partial charge in [0.2, 0.25) is 0 Å². The van der Waals surface area contributed by atoms with Crippen molar-refractivity contribution < 1.29 is 22.7 Å². The Kier molecular flexibility index (Phi) is 7.22. The number of ether oxygens (including phenoxy) is 1. The van der Waals surface area contributed by atoms with Gasteiger partial charge in [-0.1, -0.05) is 23.7 Å². The van der Waals surface area contributed by atoms with Gasteiger partial charge < -0.3 is 10.1 Å². The molecule has 1 N–H and O–H groups in total. The molecule has 0 bridgehead atoms. The smallest absolute Gasteiger partial charge is 0.435 e. The predicted molar refractivity (Wildman–Crippen MR) is 111 cm³/mol. The van der Waals surface area contributed by atoms with E-state index in [9.17, 15) is 18.0 Å². The second kappa shape index (κ2) is 9.87. The zero-order chi connectivity index (χ0) is 22.4. The average Bonchev–Trinajstić information content (AvgIpc) is 3.12. The Balaban J connectivity index is 1.48. The second-order valence-corrected chi connectivity index (χ2v) is 7.38. The summed E-state index contributed by atoms with van der Waals surface area (Å²) in [5, 5.41) is 6.97. The topological polar surface area (TPSA) is 56.2 Å². The first-order chi connectivity index (χ1) is 14.7. The Morgan fingerprint density at radius 2 is 1.90 bits per heavy atom. The highest BCUT2D eigenvalue weighted by atomic mass is 35.5. The third-order valence-corrected chi connectivity index (χ3v) is 4.76. The van der Waals surface area contributed by atoms with Gasteiger partial charge in [0.25, 0.3) is 5.91 Å². The molecule has 3 aromatic rings. The van der Waals surface area contributed by atoms with Crippen LogP contribution in [0.3, 0.4) is 0 Å². The van der Waals surface area contributed by atoms with Crippen LogP contribution in [0.1, 0.15) is 33.7 Å². The van der Waals surface area contributed by atoms with E-state index in [4.69, 9.17) is 16.3 Å². The number of alkyl halides is 3. The molecule has 0 fully saturated rings.